The van der Waals surface area contributed by atoms with Crippen molar-refractivity contribution >= 4 is 11.8 Å². The first kappa shape index (κ1) is 13.9. The summed E-state index contributed by atoms with van der Waals surface area (Å²) in [5.74, 6) is -0.274. The summed E-state index contributed by atoms with van der Waals surface area (Å²) in [5.41, 5.74) is 0. The lowest BCUT2D eigenvalue weighted by molar-refractivity contribution is -0.136. The molecular weight excluding hydrogens is 196 g/mol. The average Bonchev–Trinajstić information content (AvgIpc) is 2.21. The van der Waals surface area contributed by atoms with Crippen molar-refractivity contribution < 1.29 is 14.7 Å². The lowest BCUT2D eigenvalue weighted by Crippen LogP contribution is -2.39. The van der Waals surface area contributed by atoms with Crippen molar-refractivity contribution in [3.63, 3.8) is 0 Å². The van der Waals surface area contributed by atoms with E-state index in [-0.39, 0.29) is 24.8 Å². The van der Waals surface area contributed by atoms with E-state index in [0.717, 1.165) is 0 Å². The van der Waals surface area contributed by atoms with Crippen molar-refractivity contribution in [1.29, 1.82) is 0 Å². The molecular formula is C10H20N2O3. The second kappa shape index (κ2) is 7.23. The summed E-state index contributed by atoms with van der Waals surface area (Å²) in [6, 6.07) is 0. The molecule has 88 valence electrons. The summed E-state index contributed by atoms with van der Waals surface area (Å²) >= 11 is 0. The molecule has 15 heavy (non-hydrogen) atoms. The minimum atomic E-state index is -0.479. The number of nitrogens with zero attached hydrogens (tertiary/aromatic N) is 1. The quantitative estimate of drug-likeness (QED) is 0.643. The largest absolute Gasteiger partial charge is 0.393 e. The molecule has 0 bridgehead atoms. The maximum absolute atomic E-state index is 11.6. The van der Waals surface area contributed by atoms with Gasteiger partial charge in [0.2, 0.25) is 11.8 Å². The van der Waals surface area contributed by atoms with E-state index in [4.69, 9.17) is 5.11 Å². The summed E-state index contributed by atoms with van der Waals surface area (Å²) in [6.07, 6.45) is 0.235. The Balaban J connectivity index is 4.04. The summed E-state index contributed by atoms with van der Waals surface area (Å²) in [6.45, 7) is 4.06. The Kier molecular flexibility index (Phi) is 6.70. The Morgan fingerprint density at radius 3 is 2.47 bits per heavy atom. The fourth-order valence-corrected chi connectivity index (χ4v) is 1.12. The Morgan fingerprint density at radius 1 is 1.47 bits per heavy atom. The van der Waals surface area contributed by atoms with Gasteiger partial charge >= 0.3 is 0 Å². The molecule has 0 aliphatic rings. The van der Waals surface area contributed by atoms with Gasteiger partial charge in [-0.15, -0.1) is 0 Å². The van der Waals surface area contributed by atoms with E-state index in [1.807, 2.05) is 6.92 Å². The molecule has 1 unspecified atom stereocenters. The Labute approximate surface area is 90.5 Å². The normalized spacial score (nSPS) is 12.0. The van der Waals surface area contributed by atoms with Crippen LogP contribution in [-0.4, -0.2) is 48.1 Å². The van der Waals surface area contributed by atoms with Gasteiger partial charge < -0.3 is 15.3 Å². The second-order valence-corrected chi connectivity index (χ2v) is 3.47. The maximum atomic E-state index is 11.6. The van der Waals surface area contributed by atoms with Gasteiger partial charge in [-0.1, -0.05) is 0 Å². The molecule has 0 fully saturated rings. The summed E-state index contributed by atoms with van der Waals surface area (Å²) in [4.78, 5) is 24.1. The first-order valence-electron chi connectivity index (χ1n) is 5.17. The van der Waals surface area contributed by atoms with E-state index >= 15 is 0 Å². The van der Waals surface area contributed by atoms with E-state index in [1.54, 1.807) is 6.92 Å². The van der Waals surface area contributed by atoms with Crippen LogP contribution in [0, 0.1) is 0 Å². The zero-order chi connectivity index (χ0) is 11.8. The SMILES string of the molecule is CCN(CC(=O)NC)C(=O)CCC(C)O. The first-order valence-corrected chi connectivity index (χ1v) is 5.17. The van der Waals surface area contributed by atoms with Gasteiger partial charge in [0.05, 0.1) is 12.6 Å². The van der Waals surface area contributed by atoms with Crippen molar-refractivity contribution in [3.8, 4) is 0 Å². The average molecular weight is 216 g/mol. The van der Waals surface area contributed by atoms with Crippen LogP contribution < -0.4 is 5.32 Å². The van der Waals surface area contributed by atoms with Gasteiger partial charge in [0.1, 0.15) is 0 Å². The molecule has 1 atom stereocenters. The molecule has 0 aromatic rings. The van der Waals surface area contributed by atoms with Crippen molar-refractivity contribution in [2.24, 2.45) is 0 Å². The van der Waals surface area contributed by atoms with Crippen LogP contribution >= 0.6 is 0 Å². The van der Waals surface area contributed by atoms with Crippen LogP contribution in [0.5, 0.6) is 0 Å². The number of hydrogen-bond donors (Lipinski definition) is 2. The van der Waals surface area contributed by atoms with E-state index < -0.39 is 6.10 Å². The monoisotopic (exact) mass is 216 g/mol. The highest BCUT2D eigenvalue weighted by Crippen LogP contribution is 2.01. The van der Waals surface area contributed by atoms with Gasteiger partial charge in [-0.05, 0) is 20.3 Å². The fraction of sp³-hybridized carbons (Fsp3) is 0.800. The predicted molar refractivity (Wildman–Crippen MR) is 57.2 cm³/mol. The molecule has 0 rings (SSSR count). The molecule has 5 heteroatoms. The van der Waals surface area contributed by atoms with E-state index in [1.165, 1.54) is 11.9 Å². The van der Waals surface area contributed by atoms with Crippen molar-refractivity contribution in [3.05, 3.63) is 0 Å². The number of aliphatic hydroxyl groups excluding tert-OH is 1. The van der Waals surface area contributed by atoms with Gasteiger partial charge in [-0.3, -0.25) is 9.59 Å². The molecule has 0 aromatic carbocycles. The van der Waals surface area contributed by atoms with E-state index in [0.29, 0.717) is 13.0 Å². The summed E-state index contributed by atoms with van der Waals surface area (Å²) < 4.78 is 0. The molecule has 0 heterocycles. The molecule has 2 amide bonds. The number of carbonyl (C=O) groups excluding carboxylic acids is 2. The van der Waals surface area contributed by atoms with Gasteiger partial charge in [0.25, 0.3) is 0 Å². The predicted octanol–water partition coefficient (Wildman–Crippen LogP) is -0.258. The van der Waals surface area contributed by atoms with Gasteiger partial charge in [0, 0.05) is 20.0 Å². The maximum Gasteiger partial charge on any atom is 0.239 e. The molecule has 0 saturated carbocycles. The van der Waals surface area contributed by atoms with Crippen molar-refractivity contribution in [1.82, 2.24) is 10.2 Å². The lowest BCUT2D eigenvalue weighted by Gasteiger charge is -2.20. The number of carbonyl (C=O) groups is 2. The highest BCUT2D eigenvalue weighted by molar-refractivity contribution is 5.84. The number of amides is 2. The van der Waals surface area contributed by atoms with Crippen LogP contribution in [0.2, 0.25) is 0 Å². The zero-order valence-electron chi connectivity index (χ0n) is 9.62. The molecule has 0 radical (unpaired) electrons. The molecule has 0 saturated heterocycles. The standard InChI is InChI=1S/C10H20N2O3/c1-4-12(7-9(14)11-3)10(15)6-5-8(2)13/h8,13H,4-7H2,1-3H3,(H,11,14). The van der Waals surface area contributed by atoms with Gasteiger partial charge in [-0.25, -0.2) is 0 Å². The van der Waals surface area contributed by atoms with Crippen LogP contribution in [0.3, 0.4) is 0 Å². The Bertz CT molecular complexity index is 217. The minimum absolute atomic E-state index is 0.0889. The highest BCUT2D eigenvalue weighted by Gasteiger charge is 2.14. The van der Waals surface area contributed by atoms with Gasteiger partial charge in [0.15, 0.2) is 0 Å². The van der Waals surface area contributed by atoms with Crippen LogP contribution in [0.1, 0.15) is 26.7 Å². The molecule has 0 aromatic heterocycles. The van der Waals surface area contributed by atoms with Crippen LogP contribution in [-0.2, 0) is 9.59 Å². The number of rotatable bonds is 6. The number of aliphatic hydroxyl groups is 1. The molecule has 0 spiro atoms. The van der Waals surface area contributed by atoms with Gasteiger partial charge in [-0.2, -0.15) is 0 Å². The zero-order valence-corrected chi connectivity index (χ0v) is 9.62. The van der Waals surface area contributed by atoms with Crippen molar-refractivity contribution in [2.45, 2.75) is 32.8 Å². The highest BCUT2D eigenvalue weighted by atomic mass is 16.3. The lowest BCUT2D eigenvalue weighted by atomic mass is 10.2. The third kappa shape index (κ3) is 6.06. The third-order valence-electron chi connectivity index (χ3n) is 2.12. The van der Waals surface area contributed by atoms with Crippen LogP contribution in [0.15, 0.2) is 0 Å². The van der Waals surface area contributed by atoms with E-state index in [9.17, 15) is 9.59 Å². The van der Waals surface area contributed by atoms with Crippen molar-refractivity contribution in [2.75, 3.05) is 20.1 Å². The van der Waals surface area contributed by atoms with Crippen LogP contribution in [0.25, 0.3) is 0 Å². The molecule has 0 aliphatic heterocycles. The first-order chi connectivity index (χ1) is 7.01. The number of likely N-dealkylation sites (N-methyl/N-ethyl adjacent to an activating group) is 2. The Hall–Kier alpha value is -1.10. The molecule has 2 N–H and O–H groups in total. The van der Waals surface area contributed by atoms with E-state index in [2.05, 4.69) is 5.32 Å². The second-order valence-electron chi connectivity index (χ2n) is 3.47. The topological polar surface area (TPSA) is 69.6 Å². The fourth-order valence-electron chi connectivity index (χ4n) is 1.12. The molecule has 5 nitrogen and oxygen atoms in total. The van der Waals surface area contributed by atoms with Crippen LogP contribution in [0.4, 0.5) is 0 Å². The third-order valence-corrected chi connectivity index (χ3v) is 2.12. The summed E-state index contributed by atoms with van der Waals surface area (Å²) in [7, 11) is 1.54. The summed E-state index contributed by atoms with van der Waals surface area (Å²) in [5, 5.41) is 11.5. The molecule has 0 aliphatic carbocycles. The smallest absolute Gasteiger partial charge is 0.239 e. The number of hydrogen-bond acceptors (Lipinski definition) is 3. The minimum Gasteiger partial charge on any atom is -0.393 e. The Morgan fingerprint density at radius 2 is 2.07 bits per heavy atom. The number of nitrogens with one attached hydrogen (secondary N) is 1.